The number of carbonyl (C=O) groups is 2. The van der Waals surface area contributed by atoms with Gasteiger partial charge in [-0.1, -0.05) is 135 Å². The Balaban J connectivity index is 0.000000250. The summed E-state index contributed by atoms with van der Waals surface area (Å²) in [6.07, 6.45) is 2.62. The SMILES string of the molecule is CCC(=O)C(CC(C)N(C)C)(c1ccccc1)c1ccccc1.CCC(=O)C(CC(C)N(C)C)(c1ccccc1)c1ccccc1. The number of nitrogens with zero attached hydrogens (tertiary/aromatic N) is 2. The van der Waals surface area contributed by atoms with Gasteiger partial charge in [0.15, 0.2) is 0 Å². The van der Waals surface area contributed by atoms with Gasteiger partial charge in [-0.05, 0) is 77.1 Å². The lowest BCUT2D eigenvalue weighted by Gasteiger charge is -2.37. The van der Waals surface area contributed by atoms with Crippen LogP contribution >= 0.6 is 0 Å². The van der Waals surface area contributed by atoms with Crippen molar-refractivity contribution in [2.24, 2.45) is 0 Å². The Labute approximate surface area is 278 Å². The Kier molecular flexibility index (Phi) is 13.7. The van der Waals surface area contributed by atoms with Crippen molar-refractivity contribution >= 4 is 11.6 Å². The molecule has 0 aromatic heterocycles. The summed E-state index contributed by atoms with van der Waals surface area (Å²) >= 11 is 0. The molecule has 0 N–H and O–H groups in total. The molecule has 4 heteroatoms. The molecule has 4 aromatic rings. The number of hydrogen-bond donors (Lipinski definition) is 0. The van der Waals surface area contributed by atoms with Crippen LogP contribution in [0, 0.1) is 0 Å². The maximum Gasteiger partial charge on any atom is 0.147 e. The average Bonchev–Trinajstić information content (AvgIpc) is 3.10. The molecule has 0 fully saturated rings. The van der Waals surface area contributed by atoms with Gasteiger partial charge < -0.3 is 9.80 Å². The number of ketones is 2. The molecule has 2 unspecified atom stereocenters. The van der Waals surface area contributed by atoms with Gasteiger partial charge in [-0.25, -0.2) is 0 Å². The molecule has 0 saturated carbocycles. The van der Waals surface area contributed by atoms with E-state index in [1.807, 2.05) is 86.6 Å². The normalized spacial score (nSPS) is 13.1. The lowest BCUT2D eigenvalue weighted by Crippen LogP contribution is -2.42. The molecule has 0 saturated heterocycles. The second-order valence-electron chi connectivity index (χ2n) is 12.9. The highest BCUT2D eigenvalue weighted by molar-refractivity contribution is 5.94. The summed E-state index contributed by atoms with van der Waals surface area (Å²) in [5.74, 6) is 0.562. The molecular weight excluding hydrogens is 564 g/mol. The van der Waals surface area contributed by atoms with Crippen LogP contribution in [0.25, 0.3) is 0 Å². The maximum atomic E-state index is 13.2. The molecule has 4 aromatic carbocycles. The molecule has 4 nitrogen and oxygen atoms in total. The Morgan fingerprint density at radius 3 is 0.870 bits per heavy atom. The van der Waals surface area contributed by atoms with Crippen molar-refractivity contribution in [3.05, 3.63) is 144 Å². The van der Waals surface area contributed by atoms with Crippen LogP contribution in [0.5, 0.6) is 0 Å². The van der Waals surface area contributed by atoms with Crippen LogP contribution in [0.1, 0.15) is 75.6 Å². The minimum Gasteiger partial charge on any atom is -0.307 e. The van der Waals surface area contributed by atoms with E-state index in [1.165, 1.54) is 0 Å². The van der Waals surface area contributed by atoms with Crippen LogP contribution in [-0.4, -0.2) is 61.6 Å². The highest BCUT2D eigenvalue weighted by atomic mass is 16.1. The molecule has 4 rings (SSSR count). The third kappa shape index (κ3) is 8.29. The summed E-state index contributed by atoms with van der Waals surface area (Å²) in [6, 6.07) is 41.5. The van der Waals surface area contributed by atoms with Crippen molar-refractivity contribution in [2.45, 2.75) is 76.3 Å². The summed E-state index contributed by atoms with van der Waals surface area (Å²) in [7, 11) is 8.29. The minimum atomic E-state index is -0.582. The average molecular weight is 619 g/mol. The van der Waals surface area contributed by atoms with Gasteiger partial charge in [-0.15, -0.1) is 0 Å². The van der Waals surface area contributed by atoms with Crippen molar-refractivity contribution < 1.29 is 9.59 Å². The van der Waals surface area contributed by atoms with E-state index in [0.717, 1.165) is 35.1 Å². The van der Waals surface area contributed by atoms with E-state index < -0.39 is 10.8 Å². The van der Waals surface area contributed by atoms with Crippen molar-refractivity contribution in [3.63, 3.8) is 0 Å². The fourth-order valence-corrected chi connectivity index (χ4v) is 6.42. The van der Waals surface area contributed by atoms with Gasteiger partial charge in [0.1, 0.15) is 11.6 Å². The zero-order valence-electron chi connectivity index (χ0n) is 29.2. The van der Waals surface area contributed by atoms with Crippen molar-refractivity contribution in [2.75, 3.05) is 28.2 Å². The first-order valence-corrected chi connectivity index (χ1v) is 16.7. The van der Waals surface area contributed by atoms with Gasteiger partial charge in [0.05, 0.1) is 10.8 Å². The van der Waals surface area contributed by atoms with Crippen LogP contribution < -0.4 is 0 Å². The number of Topliss-reactive ketones (excluding diaryl/α,β-unsaturated/α-hetero) is 2. The quantitative estimate of drug-likeness (QED) is 0.142. The largest absolute Gasteiger partial charge is 0.307 e. The molecule has 2 atom stereocenters. The minimum absolute atomic E-state index is 0.281. The first-order chi connectivity index (χ1) is 22.0. The topological polar surface area (TPSA) is 40.6 Å². The zero-order valence-corrected chi connectivity index (χ0v) is 29.2. The number of carbonyl (C=O) groups excluding carboxylic acids is 2. The molecular formula is C42H54N2O2. The van der Waals surface area contributed by atoms with Gasteiger partial charge in [0.2, 0.25) is 0 Å². The molecule has 0 spiro atoms. The predicted molar refractivity (Wildman–Crippen MR) is 193 cm³/mol. The molecule has 0 radical (unpaired) electrons. The monoisotopic (exact) mass is 618 g/mol. The Morgan fingerprint density at radius 1 is 0.478 bits per heavy atom. The van der Waals surface area contributed by atoms with Crippen molar-refractivity contribution in [3.8, 4) is 0 Å². The Morgan fingerprint density at radius 2 is 0.696 bits per heavy atom. The standard InChI is InChI=1S/2C21H27NO/c2*1-5-20(23)21(16-17(2)22(3)4,18-12-8-6-9-13-18)19-14-10-7-11-15-19/h2*6-15,17H,5,16H2,1-4H3. The summed E-state index contributed by atoms with van der Waals surface area (Å²) in [5.41, 5.74) is 3.19. The molecule has 0 heterocycles. The molecule has 244 valence electrons. The fourth-order valence-electron chi connectivity index (χ4n) is 6.42. The second-order valence-corrected chi connectivity index (χ2v) is 12.9. The van der Waals surface area contributed by atoms with E-state index >= 15 is 0 Å². The van der Waals surface area contributed by atoms with Gasteiger partial charge in [0.25, 0.3) is 0 Å². The van der Waals surface area contributed by atoms with E-state index in [1.54, 1.807) is 0 Å². The van der Waals surface area contributed by atoms with Crippen LogP contribution in [0.15, 0.2) is 121 Å². The Bertz CT molecular complexity index is 1270. The maximum absolute atomic E-state index is 13.2. The molecule has 0 aliphatic heterocycles. The van der Waals surface area contributed by atoms with Gasteiger partial charge in [-0.2, -0.15) is 0 Å². The molecule has 0 amide bonds. The lowest BCUT2D eigenvalue weighted by molar-refractivity contribution is -0.124. The summed E-state index contributed by atoms with van der Waals surface area (Å²) in [4.78, 5) is 30.7. The molecule has 46 heavy (non-hydrogen) atoms. The highest BCUT2D eigenvalue weighted by Gasteiger charge is 2.43. The summed E-state index contributed by atoms with van der Waals surface area (Å²) in [5, 5.41) is 0. The molecule has 0 aliphatic rings. The molecule has 0 aliphatic carbocycles. The first-order valence-electron chi connectivity index (χ1n) is 16.7. The van der Waals surface area contributed by atoms with E-state index in [-0.39, 0.29) is 11.6 Å². The second kappa shape index (κ2) is 17.2. The zero-order chi connectivity index (χ0) is 33.7. The highest BCUT2D eigenvalue weighted by Crippen LogP contribution is 2.40. The fraction of sp³-hybridized carbons (Fsp3) is 0.381. The van der Waals surface area contributed by atoms with E-state index in [4.69, 9.17) is 0 Å². The van der Waals surface area contributed by atoms with Crippen LogP contribution in [0.2, 0.25) is 0 Å². The van der Waals surface area contributed by atoms with Crippen molar-refractivity contribution in [1.82, 2.24) is 9.80 Å². The summed E-state index contributed by atoms with van der Waals surface area (Å²) in [6.45, 7) is 8.29. The Hall–Kier alpha value is -3.86. The first kappa shape index (κ1) is 36.6. The van der Waals surface area contributed by atoms with Gasteiger partial charge in [0, 0.05) is 24.9 Å². The summed E-state index contributed by atoms with van der Waals surface area (Å²) < 4.78 is 0. The van der Waals surface area contributed by atoms with E-state index in [2.05, 4.69) is 100 Å². The predicted octanol–water partition coefficient (Wildman–Crippen LogP) is 8.58. The van der Waals surface area contributed by atoms with E-state index in [0.29, 0.717) is 24.9 Å². The van der Waals surface area contributed by atoms with Crippen LogP contribution in [0.3, 0.4) is 0 Å². The van der Waals surface area contributed by atoms with Gasteiger partial charge >= 0.3 is 0 Å². The third-order valence-electron chi connectivity index (χ3n) is 9.63. The van der Waals surface area contributed by atoms with E-state index in [9.17, 15) is 9.59 Å². The lowest BCUT2D eigenvalue weighted by atomic mass is 9.67. The number of rotatable bonds is 14. The van der Waals surface area contributed by atoms with Crippen LogP contribution in [-0.2, 0) is 20.4 Å². The smallest absolute Gasteiger partial charge is 0.147 e. The van der Waals surface area contributed by atoms with Crippen molar-refractivity contribution in [1.29, 1.82) is 0 Å². The third-order valence-corrected chi connectivity index (χ3v) is 9.63. The van der Waals surface area contributed by atoms with Crippen LogP contribution in [0.4, 0.5) is 0 Å². The number of hydrogen-bond acceptors (Lipinski definition) is 4. The number of benzene rings is 4. The molecule has 0 bridgehead atoms. The van der Waals surface area contributed by atoms with Gasteiger partial charge in [-0.3, -0.25) is 9.59 Å².